The van der Waals surface area contributed by atoms with Crippen LogP contribution in [0, 0.1) is 0 Å². The highest BCUT2D eigenvalue weighted by Crippen LogP contribution is 2.06. The van der Waals surface area contributed by atoms with Crippen LogP contribution in [0.2, 0.25) is 0 Å². The molecule has 1 aromatic carbocycles. The predicted octanol–water partition coefficient (Wildman–Crippen LogP) is 0.741. The van der Waals surface area contributed by atoms with Crippen molar-refractivity contribution in [2.45, 2.75) is 25.5 Å². The molecule has 94 valence electrons. The van der Waals surface area contributed by atoms with Crippen LogP contribution in [0.25, 0.3) is 0 Å². The zero-order chi connectivity index (χ0) is 12.7. The van der Waals surface area contributed by atoms with Gasteiger partial charge in [0.2, 0.25) is 0 Å². The van der Waals surface area contributed by atoms with Crippen LogP contribution in [-0.2, 0) is 16.0 Å². The molecule has 2 atom stereocenters. The van der Waals surface area contributed by atoms with Crippen LogP contribution < -0.4 is 5.32 Å². The summed E-state index contributed by atoms with van der Waals surface area (Å²) >= 11 is 0. The number of carbonyl (C=O) groups is 1. The predicted molar refractivity (Wildman–Crippen MR) is 65.6 cm³/mol. The summed E-state index contributed by atoms with van der Waals surface area (Å²) in [5.41, 5.74) is 1.13. The smallest absolute Gasteiger partial charge is 0.302 e. The summed E-state index contributed by atoms with van der Waals surface area (Å²) in [5, 5.41) is 12.9. The van der Waals surface area contributed by atoms with Gasteiger partial charge in [0, 0.05) is 13.0 Å². The third-order valence-electron chi connectivity index (χ3n) is 2.59. The summed E-state index contributed by atoms with van der Waals surface area (Å²) in [6.45, 7) is 1.35. The monoisotopic (exact) mass is 237 g/mol. The highest BCUT2D eigenvalue weighted by Gasteiger charge is 2.18. The van der Waals surface area contributed by atoms with Crippen LogP contribution in [0.1, 0.15) is 12.5 Å². The number of benzene rings is 1. The minimum atomic E-state index is -0.705. The molecule has 0 spiro atoms. The number of rotatable bonds is 6. The van der Waals surface area contributed by atoms with Crippen molar-refractivity contribution < 1.29 is 14.6 Å². The molecule has 0 aliphatic heterocycles. The Bertz CT molecular complexity index is 340. The third-order valence-corrected chi connectivity index (χ3v) is 2.59. The van der Waals surface area contributed by atoms with E-state index >= 15 is 0 Å². The highest BCUT2D eigenvalue weighted by atomic mass is 16.5. The number of carbonyl (C=O) groups excluding carboxylic acids is 1. The summed E-state index contributed by atoms with van der Waals surface area (Å²) < 4.78 is 4.80. The Morgan fingerprint density at radius 3 is 2.59 bits per heavy atom. The molecule has 2 N–H and O–H groups in total. The lowest BCUT2D eigenvalue weighted by Gasteiger charge is -2.22. The second kappa shape index (κ2) is 7.04. The standard InChI is InChI=1S/C13H19NO3/c1-10(15)17-9-13(16)12(14-2)8-11-6-4-3-5-7-11/h3-7,12-14,16H,8-9H2,1-2H3/t12-,13?/m0/s1. The quantitative estimate of drug-likeness (QED) is 0.717. The fourth-order valence-electron chi connectivity index (χ4n) is 1.62. The van der Waals surface area contributed by atoms with Gasteiger partial charge in [-0.05, 0) is 19.0 Å². The fraction of sp³-hybridized carbons (Fsp3) is 0.462. The molecule has 0 saturated carbocycles. The minimum absolute atomic E-state index is 0.0215. The zero-order valence-electron chi connectivity index (χ0n) is 10.2. The van der Waals surface area contributed by atoms with Gasteiger partial charge in [-0.15, -0.1) is 0 Å². The number of hydrogen-bond donors (Lipinski definition) is 2. The number of likely N-dealkylation sites (N-methyl/N-ethyl adjacent to an activating group) is 1. The maximum absolute atomic E-state index is 10.7. The van der Waals surface area contributed by atoms with E-state index in [-0.39, 0.29) is 18.6 Å². The first-order valence-electron chi connectivity index (χ1n) is 5.66. The van der Waals surface area contributed by atoms with Gasteiger partial charge in [0.1, 0.15) is 12.7 Å². The van der Waals surface area contributed by atoms with Crippen molar-refractivity contribution in [3.63, 3.8) is 0 Å². The molecule has 0 fully saturated rings. The Morgan fingerprint density at radius 1 is 1.41 bits per heavy atom. The van der Waals surface area contributed by atoms with Gasteiger partial charge in [0.05, 0.1) is 0 Å². The van der Waals surface area contributed by atoms with E-state index in [2.05, 4.69) is 5.32 Å². The van der Waals surface area contributed by atoms with E-state index in [4.69, 9.17) is 4.74 Å². The summed E-state index contributed by atoms with van der Waals surface area (Å²) in [4.78, 5) is 10.7. The number of aliphatic hydroxyl groups excluding tert-OH is 1. The molecule has 0 heterocycles. The Hall–Kier alpha value is -1.39. The van der Waals surface area contributed by atoms with Gasteiger partial charge in [-0.25, -0.2) is 0 Å². The number of esters is 1. The molecule has 0 amide bonds. The topological polar surface area (TPSA) is 58.6 Å². The average Bonchev–Trinajstić information content (AvgIpc) is 2.34. The average molecular weight is 237 g/mol. The molecule has 1 unspecified atom stereocenters. The van der Waals surface area contributed by atoms with E-state index in [1.165, 1.54) is 6.92 Å². The third kappa shape index (κ3) is 4.97. The van der Waals surface area contributed by atoms with E-state index < -0.39 is 6.10 Å². The molecule has 17 heavy (non-hydrogen) atoms. The van der Waals surface area contributed by atoms with Crippen LogP contribution in [-0.4, -0.2) is 36.9 Å². The first kappa shape index (κ1) is 13.7. The van der Waals surface area contributed by atoms with Crippen molar-refractivity contribution in [3.05, 3.63) is 35.9 Å². The van der Waals surface area contributed by atoms with Gasteiger partial charge in [0.15, 0.2) is 0 Å². The van der Waals surface area contributed by atoms with E-state index in [1.807, 2.05) is 30.3 Å². The van der Waals surface area contributed by atoms with Crippen molar-refractivity contribution in [2.75, 3.05) is 13.7 Å². The van der Waals surface area contributed by atoms with Crippen LogP contribution in [0.4, 0.5) is 0 Å². The van der Waals surface area contributed by atoms with Gasteiger partial charge in [-0.2, -0.15) is 0 Å². The van der Waals surface area contributed by atoms with Crippen LogP contribution in [0.5, 0.6) is 0 Å². The van der Waals surface area contributed by atoms with Gasteiger partial charge in [-0.3, -0.25) is 4.79 Å². The Balaban J connectivity index is 2.50. The van der Waals surface area contributed by atoms with Crippen molar-refractivity contribution in [1.82, 2.24) is 5.32 Å². The second-order valence-electron chi connectivity index (χ2n) is 3.95. The molecular weight excluding hydrogens is 218 g/mol. The number of ether oxygens (including phenoxy) is 1. The summed E-state index contributed by atoms with van der Waals surface area (Å²) in [6, 6.07) is 9.75. The van der Waals surface area contributed by atoms with E-state index in [9.17, 15) is 9.90 Å². The minimum Gasteiger partial charge on any atom is -0.463 e. The molecule has 0 aliphatic carbocycles. The van der Waals surface area contributed by atoms with Gasteiger partial charge in [-0.1, -0.05) is 30.3 Å². The van der Waals surface area contributed by atoms with Gasteiger partial charge in [0.25, 0.3) is 0 Å². The van der Waals surface area contributed by atoms with Crippen molar-refractivity contribution in [2.24, 2.45) is 0 Å². The normalized spacial score (nSPS) is 14.1. The molecule has 0 aliphatic rings. The van der Waals surface area contributed by atoms with Crippen LogP contribution in [0.3, 0.4) is 0 Å². The molecule has 0 saturated heterocycles. The van der Waals surface area contributed by atoms with E-state index in [1.54, 1.807) is 7.05 Å². The second-order valence-corrected chi connectivity index (χ2v) is 3.95. The fourth-order valence-corrected chi connectivity index (χ4v) is 1.62. The lowest BCUT2D eigenvalue weighted by Crippen LogP contribution is -2.42. The molecule has 0 radical (unpaired) electrons. The zero-order valence-corrected chi connectivity index (χ0v) is 10.2. The SMILES string of the molecule is CN[C@@H](Cc1ccccc1)C(O)COC(C)=O. The Kier molecular flexibility index (Phi) is 5.66. The van der Waals surface area contributed by atoms with Crippen molar-refractivity contribution >= 4 is 5.97 Å². The molecule has 4 nitrogen and oxygen atoms in total. The van der Waals surface area contributed by atoms with Crippen LogP contribution >= 0.6 is 0 Å². The van der Waals surface area contributed by atoms with Gasteiger partial charge >= 0.3 is 5.97 Å². The lowest BCUT2D eigenvalue weighted by atomic mass is 10.0. The molecule has 4 heteroatoms. The van der Waals surface area contributed by atoms with E-state index in [0.717, 1.165) is 5.56 Å². The lowest BCUT2D eigenvalue weighted by molar-refractivity contribution is -0.144. The number of nitrogens with one attached hydrogen (secondary N) is 1. The molecule has 1 aromatic rings. The summed E-state index contributed by atoms with van der Waals surface area (Å²) in [5.74, 6) is -0.376. The van der Waals surface area contributed by atoms with Crippen molar-refractivity contribution in [3.8, 4) is 0 Å². The highest BCUT2D eigenvalue weighted by molar-refractivity contribution is 5.65. The van der Waals surface area contributed by atoms with Gasteiger partial charge < -0.3 is 15.2 Å². The maximum atomic E-state index is 10.7. The van der Waals surface area contributed by atoms with Crippen molar-refractivity contribution in [1.29, 1.82) is 0 Å². The maximum Gasteiger partial charge on any atom is 0.302 e. The number of aliphatic hydroxyl groups is 1. The van der Waals surface area contributed by atoms with E-state index in [0.29, 0.717) is 6.42 Å². The first-order valence-corrected chi connectivity index (χ1v) is 5.66. The molecule has 0 bridgehead atoms. The molecular formula is C13H19NO3. The largest absolute Gasteiger partial charge is 0.463 e. The number of hydrogen-bond acceptors (Lipinski definition) is 4. The summed E-state index contributed by atoms with van der Waals surface area (Å²) in [6.07, 6.45) is -0.0103. The molecule has 1 rings (SSSR count). The van der Waals surface area contributed by atoms with Crippen LogP contribution in [0.15, 0.2) is 30.3 Å². The Morgan fingerprint density at radius 2 is 2.06 bits per heavy atom. The Labute approximate surface area is 102 Å². The molecule has 0 aromatic heterocycles. The first-order chi connectivity index (χ1) is 8.13. The summed E-state index contributed by atoms with van der Waals surface area (Å²) in [7, 11) is 1.78.